The minimum absolute atomic E-state index is 0.0577. The molecule has 0 aromatic heterocycles. The summed E-state index contributed by atoms with van der Waals surface area (Å²) >= 11 is 0. The Bertz CT molecular complexity index is 811. The zero-order chi connectivity index (χ0) is 20.0. The Morgan fingerprint density at radius 1 is 0.897 bits per heavy atom. The van der Waals surface area contributed by atoms with E-state index in [-0.39, 0.29) is 41.4 Å². The van der Waals surface area contributed by atoms with Gasteiger partial charge in [-0.2, -0.15) is 0 Å². The smallest absolute Gasteiger partial charge is 0.246 e. The van der Waals surface area contributed by atoms with Crippen molar-refractivity contribution in [1.82, 2.24) is 9.80 Å². The highest BCUT2D eigenvalue weighted by molar-refractivity contribution is 6.09. The van der Waals surface area contributed by atoms with Crippen LogP contribution in [0, 0.1) is 23.7 Å². The summed E-state index contributed by atoms with van der Waals surface area (Å²) in [5.74, 6) is -0.491. The van der Waals surface area contributed by atoms with E-state index in [9.17, 15) is 14.4 Å². The second-order valence-corrected chi connectivity index (χ2v) is 8.99. The molecule has 152 valence electrons. The lowest BCUT2D eigenvalue weighted by atomic mass is 9.85. The molecule has 4 aliphatic rings. The second-order valence-electron chi connectivity index (χ2n) is 8.99. The molecular weight excluding hydrogens is 364 g/mol. The Hall–Kier alpha value is -2.43. The van der Waals surface area contributed by atoms with E-state index >= 15 is 0 Å². The van der Waals surface area contributed by atoms with Gasteiger partial charge in [-0.1, -0.05) is 55.3 Å². The van der Waals surface area contributed by atoms with Crippen LogP contribution in [-0.2, 0) is 20.8 Å². The lowest BCUT2D eigenvalue weighted by Crippen LogP contribution is -2.53. The third-order valence-corrected chi connectivity index (χ3v) is 7.29. The van der Waals surface area contributed by atoms with Gasteiger partial charge in [0, 0.05) is 19.5 Å². The monoisotopic (exact) mass is 392 g/mol. The number of allylic oxidation sites excluding steroid dienone is 2. The molecule has 2 heterocycles. The molecule has 0 radical (unpaired) electrons. The molecule has 5 nitrogen and oxygen atoms in total. The molecule has 3 amide bonds. The van der Waals surface area contributed by atoms with Crippen LogP contribution in [0.5, 0.6) is 0 Å². The number of nitrogens with zero attached hydrogens (tertiary/aromatic N) is 2. The van der Waals surface area contributed by atoms with E-state index in [4.69, 9.17) is 0 Å². The van der Waals surface area contributed by atoms with Crippen LogP contribution >= 0.6 is 0 Å². The van der Waals surface area contributed by atoms with Gasteiger partial charge in [0.25, 0.3) is 0 Å². The first-order chi connectivity index (χ1) is 14.1. The number of fused-ring (bicyclic) bond motifs is 5. The molecular formula is C24H28N2O3. The predicted octanol–water partition coefficient (Wildman–Crippen LogP) is 2.81. The van der Waals surface area contributed by atoms with Crippen LogP contribution < -0.4 is 0 Å². The van der Waals surface area contributed by atoms with Gasteiger partial charge in [0.1, 0.15) is 6.04 Å². The van der Waals surface area contributed by atoms with Crippen molar-refractivity contribution in [1.29, 1.82) is 0 Å². The van der Waals surface area contributed by atoms with Gasteiger partial charge in [-0.05, 0) is 36.7 Å². The zero-order valence-electron chi connectivity index (χ0n) is 16.7. The molecule has 5 heteroatoms. The summed E-state index contributed by atoms with van der Waals surface area (Å²) in [6.45, 7) is 1.44. The van der Waals surface area contributed by atoms with E-state index in [1.165, 1.54) is 4.90 Å². The fraction of sp³-hybridized carbons (Fsp3) is 0.542. The number of imide groups is 1. The summed E-state index contributed by atoms with van der Waals surface area (Å²) in [4.78, 5) is 43.6. The first-order valence-electron chi connectivity index (χ1n) is 11.0. The first kappa shape index (κ1) is 18.6. The average molecular weight is 392 g/mol. The summed E-state index contributed by atoms with van der Waals surface area (Å²) in [6, 6.07) is 9.04. The number of rotatable bonds is 4. The van der Waals surface area contributed by atoms with E-state index in [0.717, 1.165) is 50.8 Å². The minimum atomic E-state index is -0.722. The van der Waals surface area contributed by atoms with Gasteiger partial charge in [0.05, 0.1) is 11.8 Å². The summed E-state index contributed by atoms with van der Waals surface area (Å²) < 4.78 is 0. The van der Waals surface area contributed by atoms with Gasteiger partial charge in [-0.15, -0.1) is 0 Å². The number of carbonyl (C=O) groups excluding carboxylic acids is 3. The van der Waals surface area contributed by atoms with Gasteiger partial charge in [0.15, 0.2) is 0 Å². The standard InChI is InChI=1S/C24H28N2O3/c27-22(25-12-6-1-2-7-13-25)19(14-16-8-4-3-5-9-16)26-23(28)20-17-10-11-18(15-17)21(20)24(26)29/h3-5,8-11,17-21H,1-2,6-7,12-15H2/t17-,18-,19+,20-,21-/m0/s1. The molecule has 5 rings (SSSR count). The summed E-state index contributed by atoms with van der Waals surface area (Å²) in [6.07, 6.45) is 9.75. The van der Waals surface area contributed by atoms with Crippen LogP contribution in [0.3, 0.4) is 0 Å². The highest BCUT2D eigenvalue weighted by Gasteiger charge is 2.61. The van der Waals surface area contributed by atoms with Gasteiger partial charge < -0.3 is 4.90 Å². The lowest BCUT2D eigenvalue weighted by Gasteiger charge is -2.32. The van der Waals surface area contributed by atoms with Gasteiger partial charge >= 0.3 is 0 Å². The molecule has 1 aromatic rings. The predicted molar refractivity (Wildman–Crippen MR) is 109 cm³/mol. The highest BCUT2D eigenvalue weighted by Crippen LogP contribution is 2.53. The van der Waals surface area contributed by atoms with Crippen molar-refractivity contribution < 1.29 is 14.4 Å². The van der Waals surface area contributed by atoms with E-state index in [1.807, 2.05) is 35.2 Å². The fourth-order valence-corrected chi connectivity index (χ4v) is 5.86. The maximum absolute atomic E-state index is 13.6. The van der Waals surface area contributed by atoms with Crippen molar-refractivity contribution in [3.8, 4) is 0 Å². The number of likely N-dealkylation sites (tertiary alicyclic amines) is 2. The summed E-state index contributed by atoms with van der Waals surface area (Å²) in [7, 11) is 0. The molecule has 29 heavy (non-hydrogen) atoms. The van der Waals surface area contributed by atoms with Crippen LogP contribution in [0.1, 0.15) is 37.7 Å². The second kappa shape index (κ2) is 7.43. The number of hydrogen-bond acceptors (Lipinski definition) is 3. The maximum Gasteiger partial charge on any atom is 0.246 e. The molecule has 2 saturated heterocycles. The Kier molecular flexibility index (Phi) is 4.76. The Morgan fingerprint density at radius 3 is 2.07 bits per heavy atom. The van der Waals surface area contributed by atoms with Gasteiger partial charge in [-0.3, -0.25) is 19.3 Å². The van der Waals surface area contributed by atoms with E-state index in [1.54, 1.807) is 0 Å². The highest BCUT2D eigenvalue weighted by atomic mass is 16.2. The maximum atomic E-state index is 13.6. The van der Waals surface area contributed by atoms with E-state index < -0.39 is 6.04 Å². The van der Waals surface area contributed by atoms with Gasteiger partial charge in [-0.25, -0.2) is 0 Å². The van der Waals surface area contributed by atoms with Crippen molar-refractivity contribution in [2.45, 2.75) is 44.6 Å². The number of benzene rings is 1. The molecule has 2 bridgehead atoms. The van der Waals surface area contributed by atoms with Crippen LogP contribution in [-0.4, -0.2) is 46.7 Å². The Morgan fingerprint density at radius 2 is 1.48 bits per heavy atom. The Balaban J connectivity index is 1.46. The molecule has 2 aliphatic carbocycles. The third kappa shape index (κ3) is 3.11. The Labute approximate surface area is 171 Å². The van der Waals surface area contributed by atoms with Crippen LogP contribution in [0.15, 0.2) is 42.5 Å². The van der Waals surface area contributed by atoms with Crippen LogP contribution in [0.2, 0.25) is 0 Å². The van der Waals surface area contributed by atoms with Crippen molar-refractivity contribution in [3.63, 3.8) is 0 Å². The molecule has 0 spiro atoms. The van der Waals surface area contributed by atoms with Crippen molar-refractivity contribution in [3.05, 3.63) is 48.0 Å². The number of carbonyl (C=O) groups is 3. The average Bonchev–Trinajstić information content (AvgIpc) is 3.33. The lowest BCUT2D eigenvalue weighted by molar-refractivity contribution is -0.152. The van der Waals surface area contributed by atoms with E-state index in [2.05, 4.69) is 12.2 Å². The molecule has 1 aromatic carbocycles. The third-order valence-electron chi connectivity index (χ3n) is 7.29. The molecule has 0 unspecified atom stereocenters. The summed E-state index contributed by atoms with van der Waals surface area (Å²) in [5, 5.41) is 0. The molecule has 1 saturated carbocycles. The van der Waals surface area contributed by atoms with Crippen molar-refractivity contribution in [2.75, 3.05) is 13.1 Å². The van der Waals surface area contributed by atoms with Crippen LogP contribution in [0.4, 0.5) is 0 Å². The molecule has 0 N–H and O–H groups in total. The molecule has 2 aliphatic heterocycles. The number of amides is 3. The first-order valence-corrected chi connectivity index (χ1v) is 11.0. The number of hydrogen-bond donors (Lipinski definition) is 0. The zero-order valence-corrected chi connectivity index (χ0v) is 16.7. The largest absolute Gasteiger partial charge is 0.341 e. The fourth-order valence-electron chi connectivity index (χ4n) is 5.86. The van der Waals surface area contributed by atoms with Crippen molar-refractivity contribution in [2.24, 2.45) is 23.7 Å². The quantitative estimate of drug-likeness (QED) is 0.585. The topological polar surface area (TPSA) is 57.7 Å². The SMILES string of the molecule is O=C([C@@H](Cc1ccccc1)N1C(=O)[C@@H]2[C@@H](C1=O)[C@H]1C=C[C@H]2C1)N1CCCCCC1. The molecule has 5 atom stereocenters. The normalized spacial score (nSPS) is 31.9. The molecule has 3 fully saturated rings. The van der Waals surface area contributed by atoms with Gasteiger partial charge in [0.2, 0.25) is 17.7 Å². The summed E-state index contributed by atoms with van der Waals surface area (Å²) in [5.41, 5.74) is 0.986. The minimum Gasteiger partial charge on any atom is -0.341 e. The van der Waals surface area contributed by atoms with E-state index in [0.29, 0.717) is 6.42 Å². The van der Waals surface area contributed by atoms with Crippen molar-refractivity contribution >= 4 is 17.7 Å². The van der Waals surface area contributed by atoms with Crippen LogP contribution in [0.25, 0.3) is 0 Å².